The van der Waals surface area contributed by atoms with E-state index in [1.54, 1.807) is 31.4 Å². The molecule has 1 unspecified atom stereocenters. The van der Waals surface area contributed by atoms with Gasteiger partial charge in [0, 0.05) is 18.8 Å². The molecule has 1 aromatic heterocycles. The first-order chi connectivity index (χ1) is 14.0. The molecule has 6 heteroatoms. The van der Waals surface area contributed by atoms with Crippen LogP contribution in [0.5, 0.6) is 5.75 Å². The van der Waals surface area contributed by atoms with Gasteiger partial charge in [0.15, 0.2) is 0 Å². The monoisotopic (exact) mass is 389 g/mol. The Morgan fingerprint density at radius 3 is 2.34 bits per heavy atom. The molecule has 1 atom stereocenters. The van der Waals surface area contributed by atoms with Gasteiger partial charge < -0.3 is 15.0 Å². The zero-order chi connectivity index (χ0) is 20.6. The summed E-state index contributed by atoms with van der Waals surface area (Å²) in [5.41, 5.74) is 1.70. The molecule has 29 heavy (non-hydrogen) atoms. The number of aromatic nitrogens is 1. The SMILES string of the molecule is Cc1ccnc(NC(=O)CN(C)C(=O)C(Oc2ccccc2)c2ccccc2)c1. The molecule has 0 saturated heterocycles. The topological polar surface area (TPSA) is 71.5 Å². The summed E-state index contributed by atoms with van der Waals surface area (Å²) in [5, 5.41) is 2.71. The molecule has 3 aromatic rings. The van der Waals surface area contributed by atoms with Crippen molar-refractivity contribution in [3.8, 4) is 5.75 Å². The van der Waals surface area contributed by atoms with Crippen LogP contribution in [0.3, 0.4) is 0 Å². The van der Waals surface area contributed by atoms with Crippen molar-refractivity contribution < 1.29 is 14.3 Å². The Morgan fingerprint density at radius 2 is 1.69 bits per heavy atom. The predicted octanol–water partition coefficient (Wildman–Crippen LogP) is 3.61. The van der Waals surface area contributed by atoms with Crippen molar-refractivity contribution in [2.75, 3.05) is 18.9 Å². The molecule has 0 aliphatic rings. The first-order valence-electron chi connectivity index (χ1n) is 9.27. The van der Waals surface area contributed by atoms with Gasteiger partial charge in [-0.2, -0.15) is 0 Å². The lowest BCUT2D eigenvalue weighted by molar-refractivity contribution is -0.140. The van der Waals surface area contributed by atoms with Crippen LogP contribution in [0, 0.1) is 6.92 Å². The van der Waals surface area contributed by atoms with E-state index in [-0.39, 0.29) is 18.4 Å². The molecule has 1 N–H and O–H groups in total. The average Bonchev–Trinajstić information content (AvgIpc) is 2.73. The van der Waals surface area contributed by atoms with Gasteiger partial charge in [0.1, 0.15) is 11.6 Å². The van der Waals surface area contributed by atoms with E-state index >= 15 is 0 Å². The fourth-order valence-electron chi connectivity index (χ4n) is 2.80. The maximum atomic E-state index is 13.1. The highest BCUT2D eigenvalue weighted by Gasteiger charge is 2.27. The van der Waals surface area contributed by atoms with E-state index in [9.17, 15) is 9.59 Å². The molecule has 0 saturated carbocycles. The Balaban J connectivity index is 1.71. The van der Waals surface area contributed by atoms with Crippen LogP contribution in [0.4, 0.5) is 5.82 Å². The van der Waals surface area contributed by atoms with Gasteiger partial charge in [0.25, 0.3) is 5.91 Å². The van der Waals surface area contributed by atoms with E-state index in [4.69, 9.17) is 4.74 Å². The summed E-state index contributed by atoms with van der Waals surface area (Å²) in [6.07, 6.45) is 0.771. The second-order valence-electron chi connectivity index (χ2n) is 6.68. The van der Waals surface area contributed by atoms with Crippen LogP contribution < -0.4 is 10.1 Å². The molecular weight excluding hydrogens is 366 g/mol. The minimum atomic E-state index is -0.853. The van der Waals surface area contributed by atoms with Crippen molar-refractivity contribution in [2.45, 2.75) is 13.0 Å². The lowest BCUT2D eigenvalue weighted by atomic mass is 10.1. The number of ether oxygens (including phenoxy) is 1. The summed E-state index contributed by atoms with van der Waals surface area (Å²) in [6.45, 7) is 1.80. The number of likely N-dealkylation sites (N-methyl/N-ethyl adjacent to an activating group) is 1. The van der Waals surface area contributed by atoms with Crippen LogP contribution >= 0.6 is 0 Å². The first kappa shape index (κ1) is 20.1. The van der Waals surface area contributed by atoms with Gasteiger partial charge >= 0.3 is 0 Å². The number of nitrogens with zero attached hydrogens (tertiary/aromatic N) is 2. The normalized spacial score (nSPS) is 11.4. The minimum absolute atomic E-state index is 0.115. The predicted molar refractivity (Wildman–Crippen MR) is 111 cm³/mol. The second-order valence-corrected chi connectivity index (χ2v) is 6.68. The number of carbonyl (C=O) groups excluding carboxylic acids is 2. The van der Waals surface area contributed by atoms with Crippen LogP contribution in [0.25, 0.3) is 0 Å². The number of anilines is 1. The summed E-state index contributed by atoms with van der Waals surface area (Å²) >= 11 is 0. The molecule has 0 spiro atoms. The highest BCUT2D eigenvalue weighted by atomic mass is 16.5. The Morgan fingerprint density at radius 1 is 1.03 bits per heavy atom. The average molecular weight is 389 g/mol. The number of rotatable bonds is 7. The molecule has 148 valence electrons. The number of hydrogen-bond donors (Lipinski definition) is 1. The second kappa shape index (κ2) is 9.50. The van der Waals surface area contributed by atoms with Crippen LogP contribution in [-0.2, 0) is 9.59 Å². The van der Waals surface area contributed by atoms with Gasteiger partial charge in [-0.05, 0) is 36.8 Å². The number of nitrogens with one attached hydrogen (secondary N) is 1. The maximum Gasteiger partial charge on any atom is 0.268 e. The molecule has 0 aliphatic carbocycles. The van der Waals surface area contributed by atoms with Gasteiger partial charge in [-0.15, -0.1) is 0 Å². The fraction of sp³-hybridized carbons (Fsp3) is 0.174. The standard InChI is InChI=1S/C23H23N3O3/c1-17-13-14-24-20(15-17)25-21(27)16-26(2)23(28)22(18-9-5-3-6-10-18)29-19-11-7-4-8-12-19/h3-15,22H,16H2,1-2H3,(H,24,25,27). The number of hydrogen-bond acceptors (Lipinski definition) is 4. The van der Waals surface area contributed by atoms with Crippen molar-refractivity contribution in [2.24, 2.45) is 0 Å². The number of pyridine rings is 1. The Hall–Kier alpha value is -3.67. The van der Waals surface area contributed by atoms with Gasteiger partial charge in [-0.3, -0.25) is 9.59 Å². The van der Waals surface area contributed by atoms with Crippen LogP contribution in [-0.4, -0.2) is 35.3 Å². The van der Waals surface area contributed by atoms with Gasteiger partial charge in [0.2, 0.25) is 12.0 Å². The zero-order valence-electron chi connectivity index (χ0n) is 16.4. The van der Waals surface area contributed by atoms with Crippen LogP contribution in [0.1, 0.15) is 17.2 Å². The van der Waals surface area contributed by atoms with Crippen molar-refractivity contribution in [3.05, 3.63) is 90.1 Å². The number of para-hydroxylation sites is 1. The molecule has 1 heterocycles. The number of benzene rings is 2. The van der Waals surface area contributed by atoms with Crippen molar-refractivity contribution >= 4 is 17.6 Å². The molecule has 6 nitrogen and oxygen atoms in total. The number of amides is 2. The van der Waals surface area contributed by atoms with E-state index in [1.807, 2.05) is 61.5 Å². The van der Waals surface area contributed by atoms with Crippen LogP contribution in [0.15, 0.2) is 79.0 Å². The quantitative estimate of drug-likeness (QED) is 0.670. The molecule has 0 bridgehead atoms. The molecule has 0 fully saturated rings. The van der Waals surface area contributed by atoms with E-state index in [1.165, 1.54) is 4.90 Å². The zero-order valence-corrected chi connectivity index (χ0v) is 16.4. The Labute approximate surface area is 170 Å². The summed E-state index contributed by atoms with van der Waals surface area (Å²) in [7, 11) is 1.58. The Bertz CT molecular complexity index is 961. The highest BCUT2D eigenvalue weighted by Crippen LogP contribution is 2.23. The lowest BCUT2D eigenvalue weighted by Crippen LogP contribution is -2.39. The van der Waals surface area contributed by atoms with Crippen molar-refractivity contribution in [3.63, 3.8) is 0 Å². The van der Waals surface area contributed by atoms with Gasteiger partial charge in [0.05, 0.1) is 6.54 Å². The van der Waals surface area contributed by atoms with Gasteiger partial charge in [-0.1, -0.05) is 48.5 Å². The first-order valence-corrected chi connectivity index (χ1v) is 9.27. The molecule has 0 radical (unpaired) electrons. The smallest absolute Gasteiger partial charge is 0.268 e. The highest BCUT2D eigenvalue weighted by molar-refractivity contribution is 5.94. The minimum Gasteiger partial charge on any atom is -0.476 e. The maximum absolute atomic E-state index is 13.1. The number of aryl methyl sites for hydroxylation is 1. The van der Waals surface area contributed by atoms with Crippen molar-refractivity contribution in [1.82, 2.24) is 9.88 Å². The third kappa shape index (κ3) is 5.65. The molecule has 0 aliphatic heterocycles. The third-order valence-corrected chi connectivity index (χ3v) is 4.26. The summed E-state index contributed by atoms with van der Waals surface area (Å²) in [5.74, 6) is 0.394. The van der Waals surface area contributed by atoms with E-state index in [0.717, 1.165) is 5.56 Å². The lowest BCUT2D eigenvalue weighted by Gasteiger charge is -2.24. The van der Waals surface area contributed by atoms with E-state index in [0.29, 0.717) is 17.1 Å². The summed E-state index contributed by atoms with van der Waals surface area (Å²) in [4.78, 5) is 30.9. The van der Waals surface area contributed by atoms with Crippen LogP contribution in [0.2, 0.25) is 0 Å². The fourth-order valence-corrected chi connectivity index (χ4v) is 2.80. The summed E-state index contributed by atoms with van der Waals surface area (Å²) < 4.78 is 5.96. The Kier molecular flexibility index (Phi) is 6.58. The molecule has 2 aromatic carbocycles. The van der Waals surface area contributed by atoms with E-state index < -0.39 is 6.10 Å². The summed E-state index contributed by atoms with van der Waals surface area (Å²) in [6, 6.07) is 22.0. The van der Waals surface area contributed by atoms with Crippen molar-refractivity contribution in [1.29, 1.82) is 0 Å². The largest absolute Gasteiger partial charge is 0.476 e. The molecule has 2 amide bonds. The molecule has 3 rings (SSSR count). The number of carbonyl (C=O) groups is 2. The van der Waals surface area contributed by atoms with E-state index in [2.05, 4.69) is 10.3 Å². The third-order valence-electron chi connectivity index (χ3n) is 4.26. The molecular formula is C23H23N3O3. The van der Waals surface area contributed by atoms with Gasteiger partial charge in [-0.25, -0.2) is 4.98 Å².